The number of rotatable bonds is 60. The first kappa shape index (κ1) is 69.2. The van der Waals surface area contributed by atoms with Crippen LogP contribution in [0.2, 0.25) is 0 Å². The van der Waals surface area contributed by atoms with Gasteiger partial charge in [-0.1, -0.05) is 315 Å². The van der Waals surface area contributed by atoms with E-state index in [9.17, 15) is 14.4 Å². The van der Waals surface area contributed by atoms with Crippen LogP contribution in [-0.2, 0) is 28.6 Å². The third kappa shape index (κ3) is 58.9. The molecule has 0 aromatic carbocycles. The van der Waals surface area contributed by atoms with Gasteiger partial charge in [-0.2, -0.15) is 0 Å². The first-order valence-electron chi connectivity index (χ1n) is 32.2. The molecular weight excluding hydrogens is 877 g/mol. The van der Waals surface area contributed by atoms with Crippen LogP contribution in [0, 0.1) is 0 Å². The van der Waals surface area contributed by atoms with Gasteiger partial charge in [0.2, 0.25) is 0 Å². The molecule has 0 saturated carbocycles. The molecule has 0 fully saturated rings. The fourth-order valence-corrected chi connectivity index (χ4v) is 9.91. The Labute approximate surface area is 443 Å². The minimum absolute atomic E-state index is 0.0642. The zero-order valence-electron chi connectivity index (χ0n) is 48.3. The zero-order valence-corrected chi connectivity index (χ0v) is 48.3. The van der Waals surface area contributed by atoms with Crippen LogP contribution >= 0.6 is 0 Å². The molecule has 0 amide bonds. The third-order valence-corrected chi connectivity index (χ3v) is 14.8. The molecule has 6 heteroatoms. The van der Waals surface area contributed by atoms with Crippen LogP contribution in [0.5, 0.6) is 0 Å². The summed E-state index contributed by atoms with van der Waals surface area (Å²) in [6, 6.07) is 0. The van der Waals surface area contributed by atoms with Crippen molar-refractivity contribution in [2.24, 2.45) is 0 Å². The van der Waals surface area contributed by atoms with Crippen LogP contribution < -0.4 is 0 Å². The lowest BCUT2D eigenvalue weighted by Gasteiger charge is -2.18. The van der Waals surface area contributed by atoms with Crippen molar-refractivity contribution in [3.8, 4) is 0 Å². The van der Waals surface area contributed by atoms with E-state index >= 15 is 0 Å². The molecule has 0 aromatic rings. The Bertz CT molecular complexity index is 1100. The quantitative estimate of drug-likeness (QED) is 0.0261. The number of carbonyl (C=O) groups is 3. The summed E-state index contributed by atoms with van der Waals surface area (Å²) in [5, 5.41) is 0. The highest BCUT2D eigenvalue weighted by molar-refractivity contribution is 5.71. The molecule has 0 heterocycles. The molecule has 6 nitrogen and oxygen atoms in total. The molecule has 0 saturated heterocycles. The molecular formula is C65H124O6. The lowest BCUT2D eigenvalue weighted by Crippen LogP contribution is -2.30. The highest BCUT2D eigenvalue weighted by atomic mass is 16.6. The second-order valence-corrected chi connectivity index (χ2v) is 22.0. The zero-order chi connectivity index (χ0) is 51.4. The number of esters is 3. The summed E-state index contributed by atoms with van der Waals surface area (Å²) < 4.78 is 16.8. The third-order valence-electron chi connectivity index (χ3n) is 14.8. The summed E-state index contributed by atoms with van der Waals surface area (Å²) in [4.78, 5) is 37.9. The van der Waals surface area contributed by atoms with Crippen LogP contribution in [0.15, 0.2) is 12.2 Å². The second-order valence-electron chi connectivity index (χ2n) is 22.0. The smallest absolute Gasteiger partial charge is 0.306 e. The molecule has 0 spiro atoms. The predicted octanol–water partition coefficient (Wildman–Crippen LogP) is 21.7. The van der Waals surface area contributed by atoms with Crippen molar-refractivity contribution in [2.45, 2.75) is 374 Å². The van der Waals surface area contributed by atoms with Crippen molar-refractivity contribution in [1.29, 1.82) is 0 Å². The van der Waals surface area contributed by atoms with Crippen molar-refractivity contribution >= 4 is 17.9 Å². The molecule has 0 aromatic heterocycles. The van der Waals surface area contributed by atoms with Gasteiger partial charge in [0.25, 0.3) is 0 Å². The summed E-state index contributed by atoms with van der Waals surface area (Å²) in [6.07, 6.45) is 71.4. The summed E-state index contributed by atoms with van der Waals surface area (Å²) in [6.45, 7) is 6.63. The highest BCUT2D eigenvalue weighted by Gasteiger charge is 2.19. The van der Waals surface area contributed by atoms with E-state index in [1.165, 1.54) is 263 Å². The Balaban J connectivity index is 3.93. The maximum Gasteiger partial charge on any atom is 0.306 e. The van der Waals surface area contributed by atoms with Crippen LogP contribution in [0.25, 0.3) is 0 Å². The van der Waals surface area contributed by atoms with Crippen molar-refractivity contribution in [3.63, 3.8) is 0 Å². The molecule has 0 aliphatic rings. The SMILES string of the molecule is CCCCCCCCCC/C=C\CCCCCCCCCCCCCCCCCCCC(=O)OCC(COC(=O)CCCCCCC)OC(=O)CCCCCCCCCCCCCCCCCCCCC. The summed E-state index contributed by atoms with van der Waals surface area (Å²) >= 11 is 0. The predicted molar refractivity (Wildman–Crippen MR) is 307 cm³/mol. The van der Waals surface area contributed by atoms with Gasteiger partial charge in [0.1, 0.15) is 13.2 Å². The Morgan fingerprint density at radius 1 is 0.268 bits per heavy atom. The number of allylic oxidation sites excluding steroid dienone is 2. The van der Waals surface area contributed by atoms with Crippen LogP contribution in [-0.4, -0.2) is 37.2 Å². The van der Waals surface area contributed by atoms with Gasteiger partial charge in [0.15, 0.2) is 6.10 Å². The molecule has 0 rings (SSSR count). The van der Waals surface area contributed by atoms with Crippen LogP contribution in [0.4, 0.5) is 0 Å². The molecule has 1 unspecified atom stereocenters. The molecule has 0 N–H and O–H groups in total. The lowest BCUT2D eigenvalue weighted by molar-refractivity contribution is -0.167. The molecule has 0 bridgehead atoms. The monoisotopic (exact) mass is 1000 g/mol. The van der Waals surface area contributed by atoms with Gasteiger partial charge in [0.05, 0.1) is 0 Å². The van der Waals surface area contributed by atoms with Crippen molar-refractivity contribution in [1.82, 2.24) is 0 Å². The second kappa shape index (κ2) is 60.7. The van der Waals surface area contributed by atoms with E-state index in [2.05, 4.69) is 32.9 Å². The van der Waals surface area contributed by atoms with E-state index in [0.29, 0.717) is 19.3 Å². The van der Waals surface area contributed by atoms with Gasteiger partial charge >= 0.3 is 17.9 Å². The topological polar surface area (TPSA) is 78.9 Å². The van der Waals surface area contributed by atoms with Gasteiger partial charge in [-0.25, -0.2) is 0 Å². The van der Waals surface area contributed by atoms with Gasteiger partial charge < -0.3 is 14.2 Å². The van der Waals surface area contributed by atoms with Gasteiger partial charge in [-0.3, -0.25) is 14.4 Å². The number of hydrogen-bond donors (Lipinski definition) is 0. The highest BCUT2D eigenvalue weighted by Crippen LogP contribution is 2.18. The Hall–Kier alpha value is -1.85. The summed E-state index contributed by atoms with van der Waals surface area (Å²) in [7, 11) is 0. The van der Waals surface area contributed by atoms with E-state index in [4.69, 9.17) is 14.2 Å². The molecule has 1 atom stereocenters. The van der Waals surface area contributed by atoms with Crippen molar-refractivity contribution in [3.05, 3.63) is 12.2 Å². The Morgan fingerprint density at radius 3 is 0.704 bits per heavy atom. The maximum absolute atomic E-state index is 12.8. The molecule has 420 valence electrons. The van der Waals surface area contributed by atoms with E-state index in [-0.39, 0.29) is 31.1 Å². The van der Waals surface area contributed by atoms with Crippen molar-refractivity contribution < 1.29 is 28.6 Å². The number of ether oxygens (including phenoxy) is 3. The summed E-state index contributed by atoms with van der Waals surface area (Å²) in [5.41, 5.74) is 0. The normalized spacial score (nSPS) is 12.0. The van der Waals surface area contributed by atoms with Gasteiger partial charge in [-0.05, 0) is 44.9 Å². The molecule has 0 radical (unpaired) electrons. The first-order chi connectivity index (χ1) is 35.0. The average Bonchev–Trinajstić information content (AvgIpc) is 3.37. The number of unbranched alkanes of at least 4 members (excludes halogenated alkanes) is 47. The largest absolute Gasteiger partial charge is 0.462 e. The molecule has 0 aliphatic heterocycles. The first-order valence-corrected chi connectivity index (χ1v) is 32.2. The van der Waals surface area contributed by atoms with E-state index in [1.807, 2.05) is 0 Å². The van der Waals surface area contributed by atoms with E-state index in [0.717, 1.165) is 64.2 Å². The van der Waals surface area contributed by atoms with Crippen LogP contribution in [0.1, 0.15) is 367 Å². The van der Waals surface area contributed by atoms with Gasteiger partial charge in [0, 0.05) is 19.3 Å². The van der Waals surface area contributed by atoms with E-state index < -0.39 is 6.10 Å². The lowest BCUT2D eigenvalue weighted by atomic mass is 10.0. The molecule has 0 aliphatic carbocycles. The fraction of sp³-hybridized carbons (Fsp3) is 0.923. The van der Waals surface area contributed by atoms with Gasteiger partial charge in [-0.15, -0.1) is 0 Å². The minimum Gasteiger partial charge on any atom is -0.462 e. The average molecular weight is 1000 g/mol. The van der Waals surface area contributed by atoms with Crippen molar-refractivity contribution in [2.75, 3.05) is 13.2 Å². The van der Waals surface area contributed by atoms with E-state index in [1.54, 1.807) is 0 Å². The Morgan fingerprint density at radius 2 is 0.465 bits per heavy atom. The van der Waals surface area contributed by atoms with Crippen LogP contribution in [0.3, 0.4) is 0 Å². The maximum atomic E-state index is 12.8. The minimum atomic E-state index is -0.762. The number of carbonyl (C=O) groups excluding carboxylic acids is 3. The standard InChI is InChI=1S/C65H124O6/c1-4-7-10-13-15-17-19-21-23-25-27-28-29-30-31-32-33-34-35-36-38-39-41-43-45-47-49-52-55-58-64(67)70-61-62(60-69-63(66)57-54-51-12-9-6-3)71-65(68)59-56-53-50-48-46-44-42-40-37-26-24-22-20-18-16-14-11-8-5-2/h25,27,62H,4-24,26,28-61H2,1-3H3/b27-25-. The number of hydrogen-bond acceptors (Lipinski definition) is 6. The summed E-state index contributed by atoms with van der Waals surface area (Å²) in [5.74, 6) is -0.852. The Kier molecular flexibility index (Phi) is 59.1. The molecule has 71 heavy (non-hydrogen) atoms. The fourth-order valence-electron chi connectivity index (χ4n) is 9.91.